The van der Waals surface area contributed by atoms with Gasteiger partial charge in [-0.25, -0.2) is 0 Å². The summed E-state index contributed by atoms with van der Waals surface area (Å²) in [6, 6.07) is 22.1. The van der Waals surface area contributed by atoms with Gasteiger partial charge in [0.05, 0.1) is 22.5 Å². The highest BCUT2D eigenvalue weighted by molar-refractivity contribution is 8.00. The van der Waals surface area contributed by atoms with Gasteiger partial charge in [-0.15, -0.1) is 11.8 Å². The Morgan fingerprint density at radius 3 is 2.47 bits per heavy atom. The van der Waals surface area contributed by atoms with Crippen LogP contribution in [0.4, 0.5) is 11.4 Å². The fourth-order valence-corrected chi connectivity index (χ4v) is 11.1. The fraction of sp³-hybridized carbons (Fsp3) is 0.294. The second-order valence-corrected chi connectivity index (χ2v) is 14.9. The smallest absolute Gasteiger partial charge is 0.305 e. The van der Waals surface area contributed by atoms with Gasteiger partial charge in [-0.3, -0.25) is 24.1 Å². The SMILES string of the molecule is Cc1cccc(NC(=O)COc2ccc([C@H]3c4sc(=O)[nH]c4SC4C3[C@H]3C[C@@H]4C4C(=O)N(c5ccc(Cl)cc5)C(=O)C43)cc2)c1. The van der Waals surface area contributed by atoms with Crippen LogP contribution in [0.25, 0.3) is 0 Å². The molecule has 8 rings (SSSR count). The minimum absolute atomic E-state index is 0.0165. The molecule has 8 nitrogen and oxygen atoms in total. The summed E-state index contributed by atoms with van der Waals surface area (Å²) in [6.45, 7) is 1.83. The third-order valence-corrected chi connectivity index (χ3v) is 12.6. The molecule has 0 spiro atoms. The topological polar surface area (TPSA) is 109 Å². The molecule has 2 aliphatic carbocycles. The number of anilines is 2. The van der Waals surface area contributed by atoms with Crippen LogP contribution in [0.15, 0.2) is 82.6 Å². The Morgan fingerprint density at radius 2 is 1.73 bits per heavy atom. The summed E-state index contributed by atoms with van der Waals surface area (Å²) >= 11 is 8.97. The van der Waals surface area contributed by atoms with E-state index in [1.165, 1.54) is 16.2 Å². The molecule has 2 N–H and O–H groups in total. The van der Waals surface area contributed by atoms with Crippen molar-refractivity contribution in [3.05, 3.63) is 103 Å². The number of aromatic nitrogens is 1. The number of aromatic amines is 1. The normalized spacial score (nSPS) is 27.7. The Labute approximate surface area is 272 Å². The van der Waals surface area contributed by atoms with Crippen molar-refractivity contribution in [1.29, 1.82) is 0 Å². The summed E-state index contributed by atoms with van der Waals surface area (Å²) in [5, 5.41) is 4.36. The molecule has 1 aromatic heterocycles. The third kappa shape index (κ3) is 4.73. The number of thioether (sulfide) groups is 1. The van der Waals surface area contributed by atoms with Crippen LogP contribution in [0.5, 0.6) is 5.75 Å². The lowest BCUT2D eigenvalue weighted by atomic mass is 9.68. The average Bonchev–Trinajstić information content (AvgIpc) is 3.76. The molecule has 3 fully saturated rings. The van der Waals surface area contributed by atoms with E-state index in [1.54, 1.807) is 36.0 Å². The van der Waals surface area contributed by atoms with Crippen molar-refractivity contribution in [2.45, 2.75) is 29.5 Å². The minimum atomic E-state index is -0.380. The third-order valence-electron chi connectivity index (χ3n) is 9.72. The highest BCUT2D eigenvalue weighted by Crippen LogP contribution is 2.68. The summed E-state index contributed by atoms with van der Waals surface area (Å²) in [7, 11) is 0. The van der Waals surface area contributed by atoms with Crippen LogP contribution in [-0.2, 0) is 14.4 Å². The molecule has 1 saturated heterocycles. The molecule has 228 valence electrons. The number of carbonyl (C=O) groups excluding carboxylic acids is 3. The number of hydrogen-bond acceptors (Lipinski definition) is 7. The number of imide groups is 1. The van der Waals surface area contributed by atoms with Gasteiger partial charge >= 0.3 is 4.87 Å². The number of ether oxygens (including phenoxy) is 1. The van der Waals surface area contributed by atoms with Crippen molar-refractivity contribution in [1.82, 2.24) is 4.98 Å². The van der Waals surface area contributed by atoms with E-state index < -0.39 is 0 Å². The zero-order valence-corrected chi connectivity index (χ0v) is 26.5. The largest absolute Gasteiger partial charge is 0.484 e. The van der Waals surface area contributed by atoms with Crippen molar-refractivity contribution in [3.8, 4) is 5.75 Å². The summed E-state index contributed by atoms with van der Waals surface area (Å²) in [5.41, 5.74) is 3.35. The van der Waals surface area contributed by atoms with Crippen LogP contribution < -0.4 is 19.8 Å². The number of carbonyl (C=O) groups is 3. The quantitative estimate of drug-likeness (QED) is 0.243. The predicted octanol–water partition coefficient (Wildman–Crippen LogP) is 6.09. The van der Waals surface area contributed by atoms with E-state index in [-0.39, 0.29) is 70.0 Å². The average molecular weight is 658 g/mol. The molecule has 3 aromatic carbocycles. The minimum Gasteiger partial charge on any atom is -0.484 e. The van der Waals surface area contributed by atoms with Gasteiger partial charge in [0.1, 0.15) is 5.75 Å². The van der Waals surface area contributed by atoms with Crippen LogP contribution in [0.3, 0.4) is 0 Å². The number of amides is 3. The van der Waals surface area contributed by atoms with Gasteiger partial charge in [-0.2, -0.15) is 0 Å². The number of nitrogens with zero attached hydrogens (tertiary/aromatic N) is 1. The number of nitrogens with one attached hydrogen (secondary N) is 2. The van der Waals surface area contributed by atoms with E-state index >= 15 is 0 Å². The van der Waals surface area contributed by atoms with Gasteiger partial charge in [-0.05, 0) is 90.8 Å². The number of hydrogen-bond donors (Lipinski definition) is 2. The van der Waals surface area contributed by atoms with Crippen LogP contribution in [0.2, 0.25) is 5.02 Å². The lowest BCUT2D eigenvalue weighted by Crippen LogP contribution is -2.42. The molecule has 2 aliphatic heterocycles. The monoisotopic (exact) mass is 657 g/mol. The molecule has 45 heavy (non-hydrogen) atoms. The Kier molecular flexibility index (Phi) is 6.92. The summed E-state index contributed by atoms with van der Waals surface area (Å²) in [4.78, 5) is 58.0. The van der Waals surface area contributed by atoms with Crippen molar-refractivity contribution in [2.24, 2.45) is 29.6 Å². The number of aryl methyl sites for hydroxylation is 1. The Morgan fingerprint density at radius 1 is 1.00 bits per heavy atom. The zero-order chi connectivity index (χ0) is 31.0. The first-order valence-electron chi connectivity index (χ1n) is 14.9. The first kappa shape index (κ1) is 28.6. The molecule has 2 bridgehead atoms. The summed E-state index contributed by atoms with van der Waals surface area (Å²) in [6.07, 6.45) is 0.816. The Hall–Kier alpha value is -3.86. The molecule has 2 saturated carbocycles. The molecular weight excluding hydrogens is 630 g/mol. The van der Waals surface area contributed by atoms with Crippen LogP contribution in [0.1, 0.15) is 28.3 Å². The van der Waals surface area contributed by atoms with Crippen LogP contribution in [-0.4, -0.2) is 34.6 Å². The van der Waals surface area contributed by atoms with E-state index in [0.29, 0.717) is 16.5 Å². The van der Waals surface area contributed by atoms with Gasteiger partial charge in [0, 0.05) is 26.8 Å². The molecule has 3 amide bonds. The standard InChI is InChI=1S/C34H28ClN3O5S2/c1-16-3-2-4-19(13-16)36-24(39)15-43-21-11-5-17(6-12-21)25-26-22-14-23(29(26)44-31-30(25)45-34(42)37-31)28-27(22)32(40)38(33(28)41)20-9-7-18(35)8-10-20/h2-13,22-23,25-29H,14-15H2,1H3,(H,36,39)(H,37,42)/t22-,23-,25-,26?,27?,28?,29?/m1/s1. The number of halogens is 1. The van der Waals surface area contributed by atoms with E-state index in [4.69, 9.17) is 16.3 Å². The van der Waals surface area contributed by atoms with Crippen molar-refractivity contribution >= 4 is 63.8 Å². The first-order valence-corrected chi connectivity index (χ1v) is 17.0. The maximum absolute atomic E-state index is 13.9. The molecule has 0 radical (unpaired) electrons. The van der Waals surface area contributed by atoms with Crippen molar-refractivity contribution < 1.29 is 19.1 Å². The zero-order valence-electron chi connectivity index (χ0n) is 24.1. The maximum Gasteiger partial charge on any atom is 0.305 e. The molecule has 11 heteroatoms. The number of H-pyrrole nitrogens is 1. The van der Waals surface area contributed by atoms with Gasteiger partial charge in [0.15, 0.2) is 6.61 Å². The summed E-state index contributed by atoms with van der Waals surface area (Å²) < 4.78 is 5.80. The molecule has 4 unspecified atom stereocenters. The second kappa shape index (κ2) is 10.9. The second-order valence-electron chi connectivity index (χ2n) is 12.2. The van der Waals surface area contributed by atoms with E-state index in [2.05, 4.69) is 10.3 Å². The van der Waals surface area contributed by atoms with Gasteiger partial charge in [0.2, 0.25) is 11.8 Å². The van der Waals surface area contributed by atoms with E-state index in [9.17, 15) is 19.2 Å². The highest BCUT2D eigenvalue weighted by Gasteiger charge is 2.69. The summed E-state index contributed by atoms with van der Waals surface area (Å²) in [5.74, 6) is -0.651. The van der Waals surface area contributed by atoms with E-state index in [1.807, 2.05) is 55.5 Å². The Bertz CT molecular complexity index is 1910. The molecule has 7 atom stereocenters. The van der Waals surface area contributed by atoms with Gasteiger partial charge in [-0.1, -0.05) is 47.2 Å². The van der Waals surface area contributed by atoms with Crippen molar-refractivity contribution in [3.63, 3.8) is 0 Å². The van der Waals surface area contributed by atoms with Crippen LogP contribution >= 0.6 is 34.7 Å². The maximum atomic E-state index is 13.9. The number of rotatable bonds is 6. The van der Waals surface area contributed by atoms with Crippen LogP contribution in [0, 0.1) is 36.5 Å². The van der Waals surface area contributed by atoms with Gasteiger partial charge in [0.25, 0.3) is 5.91 Å². The molecular formula is C34H28ClN3O5S2. The highest BCUT2D eigenvalue weighted by atomic mass is 35.5. The van der Waals surface area contributed by atoms with E-state index in [0.717, 1.165) is 33.1 Å². The fourth-order valence-electron chi connectivity index (χ4n) is 8.07. The molecule has 4 aromatic rings. The number of thiazole rings is 1. The predicted molar refractivity (Wildman–Crippen MR) is 174 cm³/mol. The lowest BCUT2D eigenvalue weighted by Gasteiger charge is -2.43. The number of fused-ring (bicyclic) bond motifs is 9. The van der Waals surface area contributed by atoms with Crippen molar-refractivity contribution in [2.75, 3.05) is 16.8 Å². The lowest BCUT2D eigenvalue weighted by molar-refractivity contribution is -0.123. The molecule has 4 aliphatic rings. The number of benzene rings is 3. The molecule has 3 heterocycles. The first-order chi connectivity index (χ1) is 21.8. The van der Waals surface area contributed by atoms with Gasteiger partial charge < -0.3 is 15.0 Å². The Balaban J connectivity index is 1.05.